The Morgan fingerprint density at radius 3 is 3.07 bits per heavy atom. The van der Waals surface area contributed by atoms with E-state index < -0.39 is 5.54 Å². The second-order valence-electron chi connectivity index (χ2n) is 4.36. The first-order valence-electron chi connectivity index (χ1n) is 5.26. The van der Waals surface area contributed by atoms with Crippen LogP contribution in [-0.2, 0) is 4.79 Å². The SMILES string of the molecule is C=CCNC(=O)C1(N)CCCC(C)C1. The fourth-order valence-electron chi connectivity index (χ4n) is 2.14. The zero-order chi connectivity index (χ0) is 10.6. The predicted molar refractivity (Wildman–Crippen MR) is 57.8 cm³/mol. The van der Waals surface area contributed by atoms with Crippen LogP contribution >= 0.6 is 0 Å². The van der Waals surface area contributed by atoms with E-state index in [0.717, 1.165) is 19.3 Å². The summed E-state index contributed by atoms with van der Waals surface area (Å²) in [6, 6.07) is 0. The molecule has 0 bridgehead atoms. The van der Waals surface area contributed by atoms with Gasteiger partial charge in [-0.1, -0.05) is 25.8 Å². The van der Waals surface area contributed by atoms with Crippen LogP contribution in [0, 0.1) is 5.92 Å². The van der Waals surface area contributed by atoms with Crippen LogP contribution in [0.2, 0.25) is 0 Å². The highest BCUT2D eigenvalue weighted by Gasteiger charge is 2.37. The number of carbonyl (C=O) groups excluding carboxylic acids is 1. The summed E-state index contributed by atoms with van der Waals surface area (Å²) in [5.41, 5.74) is 5.45. The van der Waals surface area contributed by atoms with Crippen LogP contribution in [0.4, 0.5) is 0 Å². The van der Waals surface area contributed by atoms with Gasteiger partial charge < -0.3 is 11.1 Å². The first-order chi connectivity index (χ1) is 6.58. The summed E-state index contributed by atoms with van der Waals surface area (Å²) in [6.07, 6.45) is 5.52. The van der Waals surface area contributed by atoms with Gasteiger partial charge in [0, 0.05) is 6.54 Å². The number of nitrogens with two attached hydrogens (primary N) is 1. The maximum absolute atomic E-state index is 11.7. The van der Waals surface area contributed by atoms with E-state index in [-0.39, 0.29) is 5.91 Å². The first kappa shape index (κ1) is 11.2. The van der Waals surface area contributed by atoms with E-state index in [1.54, 1.807) is 6.08 Å². The lowest BCUT2D eigenvalue weighted by molar-refractivity contribution is -0.127. The quantitative estimate of drug-likeness (QED) is 0.666. The van der Waals surface area contributed by atoms with Gasteiger partial charge in [-0.05, 0) is 18.8 Å². The van der Waals surface area contributed by atoms with Crippen molar-refractivity contribution in [2.45, 2.75) is 38.1 Å². The Hall–Kier alpha value is -0.830. The van der Waals surface area contributed by atoms with Crippen molar-refractivity contribution in [1.82, 2.24) is 5.32 Å². The van der Waals surface area contributed by atoms with Crippen molar-refractivity contribution in [3.63, 3.8) is 0 Å². The van der Waals surface area contributed by atoms with E-state index in [4.69, 9.17) is 5.73 Å². The van der Waals surface area contributed by atoms with Crippen molar-refractivity contribution < 1.29 is 4.79 Å². The summed E-state index contributed by atoms with van der Waals surface area (Å²) in [7, 11) is 0. The molecule has 3 N–H and O–H groups in total. The van der Waals surface area contributed by atoms with Crippen LogP contribution in [0.25, 0.3) is 0 Å². The predicted octanol–water partition coefficient (Wildman–Crippen LogP) is 1.20. The second-order valence-corrected chi connectivity index (χ2v) is 4.36. The Balaban J connectivity index is 2.54. The Labute approximate surface area is 85.7 Å². The van der Waals surface area contributed by atoms with E-state index >= 15 is 0 Å². The van der Waals surface area contributed by atoms with Crippen LogP contribution in [0.15, 0.2) is 12.7 Å². The lowest BCUT2D eigenvalue weighted by atomic mass is 9.76. The highest BCUT2D eigenvalue weighted by atomic mass is 16.2. The van der Waals surface area contributed by atoms with Gasteiger partial charge in [0.2, 0.25) is 5.91 Å². The minimum Gasteiger partial charge on any atom is -0.351 e. The highest BCUT2D eigenvalue weighted by Crippen LogP contribution is 2.30. The minimum absolute atomic E-state index is 0.0241. The zero-order valence-corrected chi connectivity index (χ0v) is 8.88. The molecule has 0 aromatic heterocycles. The summed E-state index contributed by atoms with van der Waals surface area (Å²) >= 11 is 0. The molecule has 1 saturated carbocycles. The van der Waals surface area contributed by atoms with Crippen LogP contribution in [0.1, 0.15) is 32.6 Å². The second kappa shape index (κ2) is 4.60. The molecule has 1 rings (SSSR count). The third-order valence-corrected chi connectivity index (χ3v) is 2.89. The molecule has 3 heteroatoms. The molecule has 1 aliphatic carbocycles. The van der Waals surface area contributed by atoms with Crippen molar-refractivity contribution in [3.8, 4) is 0 Å². The van der Waals surface area contributed by atoms with Gasteiger partial charge in [0.25, 0.3) is 0 Å². The summed E-state index contributed by atoms with van der Waals surface area (Å²) in [4.78, 5) is 11.7. The van der Waals surface area contributed by atoms with Gasteiger partial charge in [-0.15, -0.1) is 6.58 Å². The summed E-state index contributed by atoms with van der Waals surface area (Å²) in [5.74, 6) is 0.534. The van der Waals surface area contributed by atoms with E-state index in [1.807, 2.05) is 0 Å². The van der Waals surface area contributed by atoms with Crippen molar-refractivity contribution in [2.75, 3.05) is 6.54 Å². The normalized spacial score (nSPS) is 32.3. The third kappa shape index (κ3) is 2.58. The number of carbonyl (C=O) groups is 1. The summed E-state index contributed by atoms with van der Waals surface area (Å²) < 4.78 is 0. The Kier molecular flexibility index (Phi) is 3.69. The monoisotopic (exact) mass is 196 g/mol. The van der Waals surface area contributed by atoms with Crippen LogP contribution in [0.5, 0.6) is 0 Å². The topological polar surface area (TPSA) is 55.1 Å². The minimum atomic E-state index is -0.638. The van der Waals surface area contributed by atoms with Gasteiger partial charge in [0.05, 0.1) is 5.54 Å². The molecule has 14 heavy (non-hydrogen) atoms. The Morgan fingerprint density at radius 1 is 1.79 bits per heavy atom. The molecule has 80 valence electrons. The van der Waals surface area contributed by atoms with Crippen molar-refractivity contribution in [3.05, 3.63) is 12.7 Å². The molecule has 0 aromatic carbocycles. The summed E-state index contributed by atoms with van der Waals surface area (Å²) in [5, 5.41) is 2.78. The van der Waals surface area contributed by atoms with E-state index in [2.05, 4.69) is 18.8 Å². The average Bonchev–Trinajstić information content (AvgIpc) is 2.13. The molecule has 0 spiro atoms. The lowest BCUT2D eigenvalue weighted by Crippen LogP contribution is -2.56. The fourth-order valence-corrected chi connectivity index (χ4v) is 2.14. The number of rotatable bonds is 3. The molecule has 3 nitrogen and oxygen atoms in total. The molecular weight excluding hydrogens is 176 g/mol. The largest absolute Gasteiger partial charge is 0.351 e. The van der Waals surface area contributed by atoms with Gasteiger partial charge in [-0.25, -0.2) is 0 Å². The zero-order valence-electron chi connectivity index (χ0n) is 8.88. The van der Waals surface area contributed by atoms with Crippen molar-refractivity contribution in [1.29, 1.82) is 0 Å². The van der Waals surface area contributed by atoms with Gasteiger partial charge in [-0.3, -0.25) is 4.79 Å². The molecule has 2 unspecified atom stereocenters. The molecule has 0 saturated heterocycles. The van der Waals surface area contributed by atoms with Gasteiger partial charge in [0.1, 0.15) is 0 Å². The van der Waals surface area contributed by atoms with Crippen LogP contribution < -0.4 is 11.1 Å². The first-order valence-corrected chi connectivity index (χ1v) is 5.26. The average molecular weight is 196 g/mol. The van der Waals surface area contributed by atoms with Gasteiger partial charge in [-0.2, -0.15) is 0 Å². The van der Waals surface area contributed by atoms with Crippen LogP contribution in [-0.4, -0.2) is 18.0 Å². The van der Waals surface area contributed by atoms with Crippen molar-refractivity contribution in [2.24, 2.45) is 11.7 Å². The molecule has 1 amide bonds. The number of hydrogen-bond donors (Lipinski definition) is 2. The molecule has 2 atom stereocenters. The maximum atomic E-state index is 11.7. The molecule has 0 aromatic rings. The van der Waals surface area contributed by atoms with E-state index in [0.29, 0.717) is 12.5 Å². The van der Waals surface area contributed by atoms with Gasteiger partial charge >= 0.3 is 0 Å². The molecular formula is C11H20N2O. The van der Waals surface area contributed by atoms with E-state index in [9.17, 15) is 4.79 Å². The smallest absolute Gasteiger partial charge is 0.240 e. The number of amides is 1. The van der Waals surface area contributed by atoms with Crippen LogP contribution in [0.3, 0.4) is 0 Å². The molecule has 0 heterocycles. The number of nitrogens with one attached hydrogen (secondary N) is 1. The van der Waals surface area contributed by atoms with Crippen molar-refractivity contribution >= 4 is 5.91 Å². The number of hydrogen-bond acceptors (Lipinski definition) is 2. The summed E-state index contributed by atoms with van der Waals surface area (Å²) in [6.45, 7) is 6.22. The molecule has 0 aliphatic heterocycles. The molecule has 1 fully saturated rings. The van der Waals surface area contributed by atoms with Gasteiger partial charge in [0.15, 0.2) is 0 Å². The maximum Gasteiger partial charge on any atom is 0.240 e. The van der Waals surface area contributed by atoms with E-state index in [1.165, 1.54) is 6.42 Å². The molecule has 0 radical (unpaired) electrons. The fraction of sp³-hybridized carbons (Fsp3) is 0.727. The molecule has 1 aliphatic rings. The highest BCUT2D eigenvalue weighted by molar-refractivity contribution is 5.86. The third-order valence-electron chi connectivity index (χ3n) is 2.89. The standard InChI is InChI=1S/C11H20N2O/c1-3-7-13-10(14)11(12)6-4-5-9(2)8-11/h3,9H,1,4-8,12H2,2H3,(H,13,14). The Morgan fingerprint density at radius 2 is 2.50 bits per heavy atom. The lowest BCUT2D eigenvalue weighted by Gasteiger charge is -2.35. The Bertz CT molecular complexity index is 227.